The molecule has 0 bridgehead atoms. The first-order chi connectivity index (χ1) is 11.6. The normalized spacial score (nSPS) is 11.5. The number of rotatable bonds is 7. The summed E-state index contributed by atoms with van der Waals surface area (Å²) in [5.41, 5.74) is 0.767. The molecule has 0 saturated carbocycles. The van der Waals surface area contributed by atoms with Crippen LogP contribution in [0.4, 0.5) is 0 Å². The third-order valence-electron chi connectivity index (χ3n) is 4.69. The molecule has 0 aliphatic rings. The lowest BCUT2D eigenvalue weighted by Crippen LogP contribution is -2.43. The van der Waals surface area contributed by atoms with Crippen LogP contribution in [-0.2, 0) is 4.79 Å². The summed E-state index contributed by atoms with van der Waals surface area (Å²) in [5.74, 6) is 7.07. The van der Waals surface area contributed by atoms with E-state index < -0.39 is 8.32 Å². The van der Waals surface area contributed by atoms with Gasteiger partial charge in [0, 0.05) is 12.0 Å². The SMILES string of the molecule is CCCCCC(=O)C#Cc1ccc(O[Si](C)(C)C(C)(C)C)c(OC)c1. The summed E-state index contributed by atoms with van der Waals surface area (Å²) in [6.07, 6.45) is 3.62. The highest BCUT2D eigenvalue weighted by Gasteiger charge is 2.39. The van der Waals surface area contributed by atoms with Crippen molar-refractivity contribution in [1.82, 2.24) is 0 Å². The molecule has 138 valence electrons. The zero-order valence-corrected chi connectivity index (χ0v) is 17.8. The molecule has 0 aromatic heterocycles. The van der Waals surface area contributed by atoms with Crippen LogP contribution in [0.15, 0.2) is 18.2 Å². The van der Waals surface area contributed by atoms with Crippen LogP contribution in [0, 0.1) is 11.8 Å². The van der Waals surface area contributed by atoms with Crippen LogP contribution < -0.4 is 9.16 Å². The average Bonchev–Trinajstić information content (AvgIpc) is 2.52. The number of ketones is 1. The molecule has 1 aromatic carbocycles. The van der Waals surface area contributed by atoms with Gasteiger partial charge in [-0.05, 0) is 48.7 Å². The van der Waals surface area contributed by atoms with Crippen LogP contribution in [0.2, 0.25) is 18.1 Å². The first kappa shape index (κ1) is 21.3. The van der Waals surface area contributed by atoms with E-state index in [0.29, 0.717) is 12.2 Å². The highest BCUT2D eigenvalue weighted by Crippen LogP contribution is 2.40. The second kappa shape index (κ2) is 9.10. The molecule has 0 aliphatic heterocycles. The van der Waals surface area contributed by atoms with Gasteiger partial charge in [-0.1, -0.05) is 46.5 Å². The molecular formula is C21H32O3Si. The van der Waals surface area contributed by atoms with Gasteiger partial charge in [-0.15, -0.1) is 0 Å². The Hall–Kier alpha value is -1.73. The van der Waals surface area contributed by atoms with Gasteiger partial charge in [-0.25, -0.2) is 0 Å². The Labute approximate surface area is 154 Å². The van der Waals surface area contributed by atoms with Crippen molar-refractivity contribution >= 4 is 14.1 Å². The zero-order valence-electron chi connectivity index (χ0n) is 16.8. The van der Waals surface area contributed by atoms with Gasteiger partial charge >= 0.3 is 0 Å². The topological polar surface area (TPSA) is 35.5 Å². The molecule has 0 spiro atoms. The van der Waals surface area contributed by atoms with Gasteiger partial charge in [-0.2, -0.15) is 0 Å². The van der Waals surface area contributed by atoms with Gasteiger partial charge in [-0.3, -0.25) is 4.79 Å². The van der Waals surface area contributed by atoms with E-state index in [9.17, 15) is 4.79 Å². The lowest BCUT2D eigenvalue weighted by molar-refractivity contribution is -0.113. The van der Waals surface area contributed by atoms with Gasteiger partial charge in [0.15, 0.2) is 5.75 Å². The van der Waals surface area contributed by atoms with E-state index in [1.807, 2.05) is 18.2 Å². The molecule has 0 fully saturated rings. The monoisotopic (exact) mass is 360 g/mol. The van der Waals surface area contributed by atoms with Crippen molar-refractivity contribution in [2.75, 3.05) is 7.11 Å². The van der Waals surface area contributed by atoms with Gasteiger partial charge in [0.2, 0.25) is 5.78 Å². The van der Waals surface area contributed by atoms with E-state index >= 15 is 0 Å². The van der Waals surface area contributed by atoms with Crippen molar-refractivity contribution in [3.8, 4) is 23.3 Å². The molecule has 0 atom stereocenters. The fourth-order valence-electron chi connectivity index (χ4n) is 2.00. The number of hydrogen-bond acceptors (Lipinski definition) is 3. The quantitative estimate of drug-likeness (QED) is 0.362. The molecule has 0 aliphatic carbocycles. The number of hydrogen-bond donors (Lipinski definition) is 0. The van der Waals surface area contributed by atoms with E-state index in [2.05, 4.69) is 52.6 Å². The van der Waals surface area contributed by atoms with Crippen molar-refractivity contribution in [1.29, 1.82) is 0 Å². The minimum atomic E-state index is -1.94. The van der Waals surface area contributed by atoms with E-state index in [1.54, 1.807) is 7.11 Å². The molecule has 0 heterocycles. The van der Waals surface area contributed by atoms with Crippen LogP contribution >= 0.6 is 0 Å². The van der Waals surface area contributed by atoms with E-state index in [0.717, 1.165) is 30.6 Å². The van der Waals surface area contributed by atoms with Gasteiger partial charge in [0.1, 0.15) is 5.75 Å². The molecule has 1 aromatic rings. The van der Waals surface area contributed by atoms with Gasteiger partial charge in [0.25, 0.3) is 8.32 Å². The van der Waals surface area contributed by atoms with Gasteiger partial charge in [0.05, 0.1) is 7.11 Å². The maximum absolute atomic E-state index is 11.8. The predicted molar refractivity (Wildman–Crippen MR) is 107 cm³/mol. The van der Waals surface area contributed by atoms with E-state index in [1.165, 1.54) is 0 Å². The van der Waals surface area contributed by atoms with Crippen LogP contribution in [-0.4, -0.2) is 21.2 Å². The van der Waals surface area contributed by atoms with Crippen molar-refractivity contribution in [2.45, 2.75) is 71.5 Å². The second-order valence-electron chi connectivity index (χ2n) is 7.86. The molecule has 25 heavy (non-hydrogen) atoms. The average molecular weight is 361 g/mol. The highest BCUT2D eigenvalue weighted by atomic mass is 28.4. The Morgan fingerprint density at radius 2 is 1.84 bits per heavy atom. The highest BCUT2D eigenvalue weighted by molar-refractivity contribution is 6.74. The van der Waals surface area contributed by atoms with Crippen LogP contribution in [0.25, 0.3) is 0 Å². The van der Waals surface area contributed by atoms with Crippen molar-refractivity contribution < 1.29 is 14.0 Å². The second-order valence-corrected chi connectivity index (χ2v) is 12.6. The summed E-state index contributed by atoms with van der Waals surface area (Å²) in [7, 11) is -0.310. The molecule has 1 rings (SSSR count). The fourth-order valence-corrected chi connectivity index (χ4v) is 3.02. The van der Waals surface area contributed by atoms with Crippen LogP contribution in [0.5, 0.6) is 11.5 Å². The number of methoxy groups -OCH3 is 1. The zero-order chi connectivity index (χ0) is 19.1. The summed E-state index contributed by atoms with van der Waals surface area (Å²) in [5, 5.41) is 0.112. The minimum Gasteiger partial charge on any atom is -0.541 e. The number of carbonyl (C=O) groups is 1. The Kier molecular flexibility index (Phi) is 7.76. The number of ether oxygens (including phenoxy) is 1. The Bertz CT molecular complexity index is 645. The van der Waals surface area contributed by atoms with E-state index in [4.69, 9.17) is 9.16 Å². The Morgan fingerprint density at radius 1 is 1.16 bits per heavy atom. The summed E-state index contributed by atoms with van der Waals surface area (Å²) in [6.45, 7) is 13.1. The Balaban J connectivity index is 2.91. The third kappa shape index (κ3) is 6.59. The van der Waals surface area contributed by atoms with Crippen LogP contribution in [0.3, 0.4) is 0 Å². The lowest BCUT2D eigenvalue weighted by atomic mass is 10.1. The Morgan fingerprint density at radius 3 is 2.40 bits per heavy atom. The molecule has 0 saturated heterocycles. The van der Waals surface area contributed by atoms with Gasteiger partial charge < -0.3 is 9.16 Å². The first-order valence-electron chi connectivity index (χ1n) is 9.02. The smallest absolute Gasteiger partial charge is 0.250 e. The molecule has 0 N–H and O–H groups in total. The number of benzene rings is 1. The van der Waals surface area contributed by atoms with Crippen molar-refractivity contribution in [3.05, 3.63) is 23.8 Å². The van der Waals surface area contributed by atoms with Crippen molar-refractivity contribution in [3.63, 3.8) is 0 Å². The molecule has 0 unspecified atom stereocenters. The third-order valence-corrected chi connectivity index (χ3v) is 9.03. The molecular weight excluding hydrogens is 328 g/mol. The summed E-state index contributed by atoms with van der Waals surface area (Å²) >= 11 is 0. The van der Waals surface area contributed by atoms with Crippen molar-refractivity contribution in [2.24, 2.45) is 0 Å². The fraction of sp³-hybridized carbons (Fsp3) is 0.571. The largest absolute Gasteiger partial charge is 0.541 e. The number of carbonyl (C=O) groups excluding carboxylic acids is 1. The molecule has 4 heteroatoms. The predicted octanol–water partition coefficient (Wildman–Crippen LogP) is 5.58. The summed E-state index contributed by atoms with van der Waals surface area (Å²) in [6, 6.07) is 5.62. The lowest BCUT2D eigenvalue weighted by Gasteiger charge is -2.36. The maximum atomic E-state index is 11.8. The number of unbranched alkanes of at least 4 members (excludes halogenated alkanes) is 2. The minimum absolute atomic E-state index is 0.00554. The molecule has 0 amide bonds. The summed E-state index contributed by atoms with van der Waals surface area (Å²) in [4.78, 5) is 11.8. The molecule has 3 nitrogen and oxygen atoms in total. The number of Topliss-reactive ketones (excluding diaryl/α,β-unsaturated/α-hetero) is 1. The standard InChI is InChI=1S/C21H32O3Si/c1-8-9-10-11-18(22)14-12-17-13-15-19(20(16-17)23-5)24-25(6,7)21(2,3)4/h13,15-16H,8-11H2,1-7H3. The summed E-state index contributed by atoms with van der Waals surface area (Å²) < 4.78 is 11.8. The first-order valence-corrected chi connectivity index (χ1v) is 11.9. The maximum Gasteiger partial charge on any atom is 0.250 e. The van der Waals surface area contributed by atoms with E-state index in [-0.39, 0.29) is 10.8 Å². The van der Waals surface area contributed by atoms with Crippen LogP contribution in [0.1, 0.15) is 58.9 Å². The molecule has 0 radical (unpaired) electrons.